The maximum atomic E-state index is 10.9. The average molecular weight is 193 g/mol. The van der Waals surface area contributed by atoms with E-state index in [2.05, 4.69) is 0 Å². The molecule has 78 valence electrons. The monoisotopic (exact) mass is 193 g/mol. The van der Waals surface area contributed by atoms with Crippen LogP contribution in [0, 0.1) is 23.7 Å². The lowest BCUT2D eigenvalue weighted by Crippen LogP contribution is -2.54. The minimum absolute atomic E-state index is 0.584. The SMILES string of the molecule is CN(C=O)C1C2CC3CC(C2)CC1C3. The standard InChI is InChI=1S/C12H19NO/c1-13(7-14)12-10-3-8-2-9(5-10)6-11(12)4-8/h7-12H,2-6H2,1H3. The van der Waals surface area contributed by atoms with Gasteiger partial charge in [0.25, 0.3) is 0 Å². The molecule has 2 heteroatoms. The van der Waals surface area contributed by atoms with Gasteiger partial charge in [-0.2, -0.15) is 0 Å². The molecule has 0 spiro atoms. The van der Waals surface area contributed by atoms with Crippen molar-refractivity contribution >= 4 is 6.41 Å². The highest BCUT2D eigenvalue weighted by atomic mass is 16.1. The number of amides is 1. The van der Waals surface area contributed by atoms with Crippen molar-refractivity contribution in [2.45, 2.75) is 38.1 Å². The van der Waals surface area contributed by atoms with Gasteiger partial charge >= 0.3 is 0 Å². The van der Waals surface area contributed by atoms with Crippen molar-refractivity contribution in [2.75, 3.05) is 7.05 Å². The van der Waals surface area contributed by atoms with E-state index in [1.807, 2.05) is 11.9 Å². The Morgan fingerprint density at radius 3 is 1.93 bits per heavy atom. The van der Waals surface area contributed by atoms with Crippen LogP contribution in [0.4, 0.5) is 0 Å². The molecule has 0 aromatic heterocycles. The molecule has 0 saturated heterocycles. The van der Waals surface area contributed by atoms with Crippen LogP contribution in [0.1, 0.15) is 32.1 Å². The second-order valence-electron chi connectivity index (χ2n) is 5.69. The van der Waals surface area contributed by atoms with Crippen molar-refractivity contribution in [1.29, 1.82) is 0 Å². The Morgan fingerprint density at radius 2 is 1.50 bits per heavy atom. The first-order chi connectivity index (χ1) is 6.78. The minimum atomic E-state index is 0.584. The van der Waals surface area contributed by atoms with Crippen LogP contribution in [0.25, 0.3) is 0 Å². The fourth-order valence-corrected chi connectivity index (χ4v) is 4.63. The van der Waals surface area contributed by atoms with Crippen LogP contribution in [0.5, 0.6) is 0 Å². The van der Waals surface area contributed by atoms with Crippen LogP contribution in [0.2, 0.25) is 0 Å². The van der Waals surface area contributed by atoms with E-state index in [0.29, 0.717) is 6.04 Å². The summed E-state index contributed by atoms with van der Waals surface area (Å²) in [7, 11) is 1.97. The van der Waals surface area contributed by atoms with E-state index >= 15 is 0 Å². The van der Waals surface area contributed by atoms with Gasteiger partial charge in [-0.1, -0.05) is 0 Å². The summed E-state index contributed by atoms with van der Waals surface area (Å²) < 4.78 is 0. The van der Waals surface area contributed by atoms with E-state index in [-0.39, 0.29) is 0 Å². The van der Waals surface area contributed by atoms with Crippen molar-refractivity contribution in [1.82, 2.24) is 4.90 Å². The third-order valence-corrected chi connectivity index (χ3v) is 4.81. The maximum absolute atomic E-state index is 10.9. The summed E-state index contributed by atoms with van der Waals surface area (Å²) >= 11 is 0. The summed E-state index contributed by atoms with van der Waals surface area (Å²) in [6.07, 6.45) is 8.12. The molecule has 4 fully saturated rings. The minimum Gasteiger partial charge on any atom is -0.345 e. The van der Waals surface area contributed by atoms with Crippen LogP contribution < -0.4 is 0 Å². The molecule has 0 radical (unpaired) electrons. The van der Waals surface area contributed by atoms with Crippen LogP contribution in [0.15, 0.2) is 0 Å². The lowest BCUT2D eigenvalue weighted by molar-refractivity contribution is -0.127. The zero-order valence-corrected chi connectivity index (χ0v) is 8.86. The summed E-state index contributed by atoms with van der Waals surface area (Å²) in [5, 5.41) is 0. The van der Waals surface area contributed by atoms with Gasteiger partial charge in [-0.05, 0) is 55.8 Å². The molecule has 4 rings (SSSR count). The fraction of sp³-hybridized carbons (Fsp3) is 0.917. The molecule has 0 heterocycles. The predicted molar refractivity (Wildman–Crippen MR) is 54.7 cm³/mol. The molecule has 0 aromatic rings. The largest absolute Gasteiger partial charge is 0.345 e. The summed E-state index contributed by atoms with van der Waals surface area (Å²) in [6, 6.07) is 0.584. The number of rotatable bonds is 2. The van der Waals surface area contributed by atoms with Crippen LogP contribution in [-0.4, -0.2) is 24.4 Å². The highest BCUT2D eigenvalue weighted by Gasteiger charge is 2.49. The van der Waals surface area contributed by atoms with E-state index in [1.54, 1.807) is 0 Å². The molecule has 4 aliphatic rings. The van der Waals surface area contributed by atoms with Crippen LogP contribution in [-0.2, 0) is 4.79 Å². The molecule has 0 atom stereocenters. The molecule has 0 N–H and O–H groups in total. The number of hydrogen-bond donors (Lipinski definition) is 0. The van der Waals surface area contributed by atoms with Gasteiger partial charge in [-0.15, -0.1) is 0 Å². The highest BCUT2D eigenvalue weighted by molar-refractivity contribution is 5.47. The van der Waals surface area contributed by atoms with Crippen LogP contribution in [0.3, 0.4) is 0 Å². The van der Waals surface area contributed by atoms with Crippen molar-refractivity contribution < 1.29 is 4.79 Å². The van der Waals surface area contributed by atoms with Gasteiger partial charge in [0.05, 0.1) is 0 Å². The third kappa shape index (κ3) is 1.12. The number of hydrogen-bond acceptors (Lipinski definition) is 1. The van der Waals surface area contributed by atoms with E-state index in [4.69, 9.17) is 0 Å². The average Bonchev–Trinajstić information content (AvgIpc) is 2.15. The summed E-state index contributed by atoms with van der Waals surface area (Å²) in [5.74, 6) is 3.69. The second-order valence-corrected chi connectivity index (χ2v) is 5.69. The number of carbonyl (C=O) groups is 1. The molecule has 2 nitrogen and oxygen atoms in total. The number of nitrogens with zero attached hydrogens (tertiary/aromatic N) is 1. The highest BCUT2D eigenvalue weighted by Crippen LogP contribution is 2.54. The van der Waals surface area contributed by atoms with Gasteiger partial charge in [-0.25, -0.2) is 0 Å². The van der Waals surface area contributed by atoms with E-state index in [9.17, 15) is 4.79 Å². The van der Waals surface area contributed by atoms with Gasteiger partial charge in [0.15, 0.2) is 0 Å². The van der Waals surface area contributed by atoms with Crippen molar-refractivity contribution in [2.24, 2.45) is 23.7 Å². The molecular formula is C12H19NO. The first-order valence-electron chi connectivity index (χ1n) is 5.95. The van der Waals surface area contributed by atoms with Gasteiger partial charge in [-0.3, -0.25) is 4.79 Å². The van der Waals surface area contributed by atoms with Crippen LogP contribution >= 0.6 is 0 Å². The molecule has 1 amide bonds. The van der Waals surface area contributed by atoms with Gasteiger partial charge in [0.2, 0.25) is 6.41 Å². The van der Waals surface area contributed by atoms with Crippen molar-refractivity contribution in [3.63, 3.8) is 0 Å². The van der Waals surface area contributed by atoms with Gasteiger partial charge in [0.1, 0.15) is 0 Å². The molecule has 0 aromatic carbocycles. The van der Waals surface area contributed by atoms with E-state index in [0.717, 1.165) is 30.1 Å². The normalized spacial score (nSPS) is 49.4. The van der Waals surface area contributed by atoms with Gasteiger partial charge < -0.3 is 4.90 Å². The molecule has 4 aliphatic carbocycles. The lowest BCUT2D eigenvalue weighted by atomic mass is 9.54. The zero-order valence-electron chi connectivity index (χ0n) is 8.86. The smallest absolute Gasteiger partial charge is 0.209 e. The molecular weight excluding hydrogens is 174 g/mol. The summed E-state index contributed by atoms with van der Waals surface area (Å²) in [6.45, 7) is 0. The first kappa shape index (κ1) is 8.75. The Hall–Kier alpha value is -0.530. The molecule has 0 unspecified atom stereocenters. The van der Waals surface area contributed by atoms with Gasteiger partial charge in [0, 0.05) is 13.1 Å². The lowest BCUT2D eigenvalue weighted by Gasteiger charge is -2.56. The number of carbonyl (C=O) groups excluding carboxylic acids is 1. The van der Waals surface area contributed by atoms with Crippen molar-refractivity contribution in [3.8, 4) is 0 Å². The fourth-order valence-electron chi connectivity index (χ4n) is 4.63. The van der Waals surface area contributed by atoms with Crippen molar-refractivity contribution in [3.05, 3.63) is 0 Å². The van der Waals surface area contributed by atoms with E-state index < -0.39 is 0 Å². The Morgan fingerprint density at radius 1 is 1.00 bits per heavy atom. The topological polar surface area (TPSA) is 20.3 Å². The zero-order chi connectivity index (χ0) is 9.71. The Bertz CT molecular complexity index is 223. The van der Waals surface area contributed by atoms with E-state index in [1.165, 1.54) is 32.1 Å². The predicted octanol–water partition coefficient (Wildman–Crippen LogP) is 1.90. The molecule has 4 saturated carbocycles. The third-order valence-electron chi connectivity index (χ3n) is 4.81. The quantitative estimate of drug-likeness (QED) is 0.613. The Labute approximate surface area is 85.7 Å². The Kier molecular flexibility index (Phi) is 1.86. The second kappa shape index (κ2) is 2.98. The molecule has 14 heavy (non-hydrogen) atoms. The Balaban J connectivity index is 1.84. The summed E-state index contributed by atoms with van der Waals surface area (Å²) in [4.78, 5) is 12.8. The maximum Gasteiger partial charge on any atom is 0.209 e. The first-order valence-corrected chi connectivity index (χ1v) is 5.95. The molecule has 0 aliphatic heterocycles. The summed E-state index contributed by atoms with van der Waals surface area (Å²) in [5.41, 5.74) is 0. The molecule has 4 bridgehead atoms.